The first kappa shape index (κ1) is 15.6. The molecule has 1 unspecified atom stereocenters. The summed E-state index contributed by atoms with van der Waals surface area (Å²) in [6, 6.07) is 5.11. The van der Waals surface area contributed by atoms with E-state index in [2.05, 4.69) is 10.9 Å². The van der Waals surface area contributed by atoms with Gasteiger partial charge in [-0.15, -0.1) is 0 Å². The molecular formula is C14H17ClN2O4. The van der Waals surface area contributed by atoms with E-state index in [1.165, 1.54) is 0 Å². The first-order chi connectivity index (χ1) is 10.1. The van der Waals surface area contributed by atoms with Crippen LogP contribution >= 0.6 is 11.6 Å². The van der Waals surface area contributed by atoms with Gasteiger partial charge in [0.1, 0.15) is 11.9 Å². The van der Waals surface area contributed by atoms with Gasteiger partial charge in [-0.3, -0.25) is 20.4 Å². The second-order valence-corrected chi connectivity index (χ2v) is 5.15. The molecule has 2 rings (SSSR count). The van der Waals surface area contributed by atoms with Crippen molar-refractivity contribution < 1.29 is 19.1 Å². The van der Waals surface area contributed by atoms with Gasteiger partial charge in [-0.1, -0.05) is 11.6 Å². The van der Waals surface area contributed by atoms with Gasteiger partial charge in [-0.2, -0.15) is 0 Å². The zero-order chi connectivity index (χ0) is 15.2. The number of hydrogen-bond acceptors (Lipinski definition) is 4. The molecule has 21 heavy (non-hydrogen) atoms. The van der Waals surface area contributed by atoms with E-state index in [9.17, 15) is 9.59 Å². The number of halogens is 1. The van der Waals surface area contributed by atoms with Crippen LogP contribution in [0.1, 0.15) is 18.4 Å². The number of nitrogens with one attached hydrogen (secondary N) is 2. The van der Waals surface area contributed by atoms with E-state index in [0.717, 1.165) is 12.0 Å². The van der Waals surface area contributed by atoms with Crippen LogP contribution in [0.2, 0.25) is 5.02 Å². The van der Waals surface area contributed by atoms with Crippen LogP contribution in [0.3, 0.4) is 0 Å². The van der Waals surface area contributed by atoms with Gasteiger partial charge in [-0.25, -0.2) is 0 Å². The maximum atomic E-state index is 11.6. The molecule has 0 spiro atoms. The summed E-state index contributed by atoms with van der Waals surface area (Å²) in [5.41, 5.74) is 5.46. The Morgan fingerprint density at radius 1 is 1.43 bits per heavy atom. The second-order valence-electron chi connectivity index (χ2n) is 4.74. The molecule has 7 heteroatoms. The maximum absolute atomic E-state index is 11.6. The van der Waals surface area contributed by atoms with Crippen molar-refractivity contribution in [3.8, 4) is 5.75 Å². The van der Waals surface area contributed by atoms with Crippen LogP contribution in [0.25, 0.3) is 0 Å². The lowest BCUT2D eigenvalue weighted by atomic mass is 10.2. The highest BCUT2D eigenvalue weighted by Crippen LogP contribution is 2.20. The van der Waals surface area contributed by atoms with Crippen molar-refractivity contribution in [1.29, 1.82) is 0 Å². The summed E-state index contributed by atoms with van der Waals surface area (Å²) in [7, 11) is 0. The average Bonchev–Trinajstić information content (AvgIpc) is 3.00. The Hall–Kier alpha value is -1.79. The summed E-state index contributed by atoms with van der Waals surface area (Å²) < 4.78 is 10.5. The van der Waals surface area contributed by atoms with Crippen molar-refractivity contribution in [2.45, 2.75) is 25.9 Å². The lowest BCUT2D eigenvalue weighted by molar-refractivity contribution is -0.135. The smallest absolute Gasteiger partial charge is 0.276 e. The molecule has 114 valence electrons. The number of amides is 2. The Kier molecular flexibility index (Phi) is 5.41. The Morgan fingerprint density at radius 2 is 2.24 bits per heavy atom. The summed E-state index contributed by atoms with van der Waals surface area (Å²) in [6.45, 7) is 2.22. The lowest BCUT2D eigenvalue weighted by Gasteiger charge is -2.12. The fourth-order valence-corrected chi connectivity index (χ4v) is 2.01. The fraction of sp³-hybridized carbons (Fsp3) is 0.429. The SMILES string of the molecule is Cc1cc(OCC(=O)NNC(=O)C2CCCO2)ccc1Cl. The van der Waals surface area contributed by atoms with Crippen molar-refractivity contribution in [1.82, 2.24) is 10.9 Å². The van der Waals surface area contributed by atoms with E-state index in [0.29, 0.717) is 23.8 Å². The number of ether oxygens (including phenoxy) is 2. The zero-order valence-corrected chi connectivity index (χ0v) is 12.4. The van der Waals surface area contributed by atoms with Crippen molar-refractivity contribution >= 4 is 23.4 Å². The molecule has 0 aromatic heterocycles. The number of hydrogen-bond donors (Lipinski definition) is 2. The van der Waals surface area contributed by atoms with E-state index < -0.39 is 12.0 Å². The van der Waals surface area contributed by atoms with Crippen molar-refractivity contribution in [3.05, 3.63) is 28.8 Å². The molecule has 1 atom stereocenters. The quantitative estimate of drug-likeness (QED) is 0.823. The molecule has 0 radical (unpaired) electrons. The average molecular weight is 313 g/mol. The minimum atomic E-state index is -0.481. The zero-order valence-electron chi connectivity index (χ0n) is 11.6. The summed E-state index contributed by atoms with van der Waals surface area (Å²) in [6.07, 6.45) is 1.04. The molecule has 1 aliphatic heterocycles. The van der Waals surface area contributed by atoms with E-state index in [1.54, 1.807) is 18.2 Å². The van der Waals surface area contributed by atoms with Gasteiger partial charge >= 0.3 is 0 Å². The molecule has 1 fully saturated rings. The number of carbonyl (C=O) groups excluding carboxylic acids is 2. The summed E-state index contributed by atoms with van der Waals surface area (Å²) >= 11 is 5.90. The molecule has 1 aromatic rings. The van der Waals surface area contributed by atoms with E-state index >= 15 is 0 Å². The second kappa shape index (κ2) is 7.28. The molecule has 1 aliphatic rings. The van der Waals surface area contributed by atoms with Crippen molar-refractivity contribution in [2.24, 2.45) is 0 Å². The van der Waals surface area contributed by atoms with E-state index in [4.69, 9.17) is 21.1 Å². The Bertz CT molecular complexity index is 530. The predicted octanol–water partition coefficient (Wildman–Crippen LogP) is 1.35. The number of hydrazine groups is 1. The van der Waals surface area contributed by atoms with Gasteiger partial charge in [0.15, 0.2) is 6.61 Å². The fourth-order valence-electron chi connectivity index (χ4n) is 1.89. The van der Waals surface area contributed by atoms with Crippen LogP contribution in [-0.2, 0) is 14.3 Å². The van der Waals surface area contributed by atoms with Gasteiger partial charge in [0.2, 0.25) is 0 Å². The number of aryl methyl sites for hydroxylation is 1. The number of carbonyl (C=O) groups is 2. The van der Waals surface area contributed by atoms with Gasteiger partial charge in [-0.05, 0) is 43.5 Å². The van der Waals surface area contributed by atoms with Crippen LogP contribution in [0.4, 0.5) is 0 Å². The van der Waals surface area contributed by atoms with Gasteiger partial charge in [0, 0.05) is 11.6 Å². The summed E-state index contributed by atoms with van der Waals surface area (Å²) in [4.78, 5) is 23.2. The molecule has 0 saturated carbocycles. The molecule has 2 amide bonds. The number of benzene rings is 1. The monoisotopic (exact) mass is 312 g/mol. The molecule has 1 heterocycles. The highest BCUT2D eigenvalue weighted by molar-refractivity contribution is 6.31. The minimum Gasteiger partial charge on any atom is -0.484 e. The molecule has 1 saturated heterocycles. The lowest BCUT2D eigenvalue weighted by Crippen LogP contribution is -2.47. The highest BCUT2D eigenvalue weighted by atomic mass is 35.5. The van der Waals surface area contributed by atoms with Gasteiger partial charge in [0.05, 0.1) is 0 Å². The largest absolute Gasteiger partial charge is 0.484 e. The molecular weight excluding hydrogens is 296 g/mol. The molecule has 2 N–H and O–H groups in total. The van der Waals surface area contributed by atoms with Gasteiger partial charge in [0.25, 0.3) is 11.8 Å². The van der Waals surface area contributed by atoms with Crippen LogP contribution in [0.5, 0.6) is 5.75 Å². The number of rotatable bonds is 4. The van der Waals surface area contributed by atoms with Crippen LogP contribution < -0.4 is 15.6 Å². The maximum Gasteiger partial charge on any atom is 0.276 e. The van der Waals surface area contributed by atoms with Crippen LogP contribution in [0, 0.1) is 6.92 Å². The van der Waals surface area contributed by atoms with E-state index in [-0.39, 0.29) is 12.5 Å². The molecule has 0 aliphatic carbocycles. The summed E-state index contributed by atoms with van der Waals surface area (Å²) in [5.74, 6) is -0.255. The highest BCUT2D eigenvalue weighted by Gasteiger charge is 2.23. The molecule has 0 bridgehead atoms. The Labute approximate surface area is 127 Å². The van der Waals surface area contributed by atoms with E-state index in [1.807, 2.05) is 6.92 Å². The topological polar surface area (TPSA) is 76.7 Å². The van der Waals surface area contributed by atoms with Crippen LogP contribution in [0.15, 0.2) is 18.2 Å². The summed E-state index contributed by atoms with van der Waals surface area (Å²) in [5, 5.41) is 0.635. The normalized spacial score (nSPS) is 17.3. The van der Waals surface area contributed by atoms with Crippen LogP contribution in [-0.4, -0.2) is 31.1 Å². The predicted molar refractivity (Wildman–Crippen MR) is 76.9 cm³/mol. The van der Waals surface area contributed by atoms with Gasteiger partial charge < -0.3 is 9.47 Å². The third-order valence-corrected chi connectivity index (χ3v) is 3.47. The Balaban J connectivity index is 1.71. The van der Waals surface area contributed by atoms with Crippen molar-refractivity contribution in [3.63, 3.8) is 0 Å². The molecule has 6 nitrogen and oxygen atoms in total. The van der Waals surface area contributed by atoms with Crippen molar-refractivity contribution in [2.75, 3.05) is 13.2 Å². The molecule has 1 aromatic carbocycles. The first-order valence-corrected chi connectivity index (χ1v) is 7.03. The third-order valence-electron chi connectivity index (χ3n) is 3.05. The minimum absolute atomic E-state index is 0.202. The standard InChI is InChI=1S/C14H17ClN2O4/c1-9-7-10(4-5-11(9)15)21-8-13(18)16-17-14(19)12-3-2-6-20-12/h4-5,7,12H,2-3,6,8H2,1H3,(H,16,18)(H,17,19). The Morgan fingerprint density at radius 3 is 2.90 bits per heavy atom. The third kappa shape index (κ3) is 4.61. The first-order valence-electron chi connectivity index (χ1n) is 6.65.